The van der Waals surface area contributed by atoms with Crippen LogP contribution in [0.2, 0.25) is 0 Å². The number of carbonyl (C=O) groups is 2. The van der Waals surface area contributed by atoms with E-state index >= 15 is 0 Å². The van der Waals surface area contributed by atoms with E-state index < -0.39 is 5.91 Å². The zero-order valence-electron chi connectivity index (χ0n) is 20.9. The molecule has 200 valence electrons. The average molecular weight is 549 g/mol. The third-order valence-corrected chi connectivity index (χ3v) is 7.43. The number of fused-ring (bicyclic) bond motifs is 2. The molecule has 2 aliphatic rings. The Hall–Kier alpha value is -4.40. The molecule has 4 aromatic rings. The van der Waals surface area contributed by atoms with Crippen LogP contribution in [0.4, 0.5) is 17.5 Å². The molecule has 1 fully saturated rings. The van der Waals surface area contributed by atoms with Gasteiger partial charge < -0.3 is 24.6 Å². The summed E-state index contributed by atoms with van der Waals surface area (Å²) in [6, 6.07) is 7.56. The maximum absolute atomic E-state index is 11.8. The Morgan fingerprint density at radius 2 is 2.00 bits per heavy atom. The lowest BCUT2D eigenvalue weighted by Crippen LogP contribution is -2.36. The Morgan fingerprint density at radius 3 is 2.77 bits per heavy atom. The standard InChI is InChI=1S/C25H24N8O5S/c1-32(25-26-10-15(11-27-25)24(35)31-36)12-16-9-18-21(39-16)23(33-4-6-37-7-5-33)30-22(29-18)14-2-3-19-17(8-14)28-20(34)13-38-19/h2-3,8-11,36H,4-7,12-13H2,1H3,(H,28,34)(H,31,35). The van der Waals surface area contributed by atoms with Crippen LogP contribution in [-0.4, -0.2) is 76.9 Å². The predicted octanol–water partition coefficient (Wildman–Crippen LogP) is 2.07. The summed E-state index contributed by atoms with van der Waals surface area (Å²) in [5.74, 6) is 1.55. The number of hydroxylamine groups is 1. The molecule has 0 unspecified atom stereocenters. The number of nitrogens with one attached hydrogen (secondary N) is 2. The molecular formula is C25H24N8O5S. The van der Waals surface area contributed by atoms with Crippen molar-refractivity contribution in [2.75, 3.05) is 55.1 Å². The van der Waals surface area contributed by atoms with Gasteiger partial charge in [-0.15, -0.1) is 11.3 Å². The first kappa shape index (κ1) is 24.9. The maximum Gasteiger partial charge on any atom is 0.277 e. The molecule has 0 radical (unpaired) electrons. The van der Waals surface area contributed by atoms with Crippen molar-refractivity contribution in [1.82, 2.24) is 25.4 Å². The fourth-order valence-corrected chi connectivity index (χ4v) is 5.55. The monoisotopic (exact) mass is 548 g/mol. The van der Waals surface area contributed by atoms with Crippen molar-refractivity contribution in [2.24, 2.45) is 0 Å². The van der Waals surface area contributed by atoms with Crippen molar-refractivity contribution in [3.63, 3.8) is 0 Å². The molecule has 0 bridgehead atoms. The molecule has 14 heteroatoms. The summed E-state index contributed by atoms with van der Waals surface area (Å²) in [5.41, 5.74) is 3.89. The van der Waals surface area contributed by atoms with Gasteiger partial charge in [-0.3, -0.25) is 14.8 Å². The van der Waals surface area contributed by atoms with Gasteiger partial charge in [0.25, 0.3) is 11.8 Å². The Balaban J connectivity index is 1.34. The van der Waals surface area contributed by atoms with Crippen molar-refractivity contribution >= 4 is 50.8 Å². The van der Waals surface area contributed by atoms with E-state index in [2.05, 4.69) is 20.2 Å². The highest BCUT2D eigenvalue weighted by molar-refractivity contribution is 7.19. The van der Waals surface area contributed by atoms with Crippen LogP contribution >= 0.6 is 11.3 Å². The molecule has 13 nitrogen and oxygen atoms in total. The second-order valence-corrected chi connectivity index (χ2v) is 10.2. The highest BCUT2D eigenvalue weighted by atomic mass is 32.1. The van der Waals surface area contributed by atoms with Crippen molar-refractivity contribution < 1.29 is 24.3 Å². The van der Waals surface area contributed by atoms with E-state index in [0.717, 1.165) is 26.5 Å². The number of hydrogen-bond donors (Lipinski definition) is 3. The van der Waals surface area contributed by atoms with Gasteiger partial charge in [0.1, 0.15) is 5.75 Å². The minimum atomic E-state index is -0.674. The van der Waals surface area contributed by atoms with Crippen molar-refractivity contribution in [3.8, 4) is 17.1 Å². The molecule has 0 atom stereocenters. The first-order valence-electron chi connectivity index (χ1n) is 12.2. The lowest BCUT2D eigenvalue weighted by atomic mass is 10.1. The average Bonchev–Trinajstić information content (AvgIpc) is 3.38. The lowest BCUT2D eigenvalue weighted by Gasteiger charge is -2.28. The first-order chi connectivity index (χ1) is 19.0. The number of aromatic nitrogens is 4. The SMILES string of the molecule is CN(Cc1cc2nc(-c3ccc4c(c3)NC(=O)CO4)nc(N3CCOCC3)c2s1)c1ncc(C(=O)NO)cn1. The number of rotatable bonds is 6. The Labute approximate surface area is 226 Å². The van der Waals surface area contributed by atoms with Crippen LogP contribution < -0.4 is 25.3 Å². The van der Waals surface area contributed by atoms with Crippen LogP contribution in [0.3, 0.4) is 0 Å². The number of hydrogen-bond acceptors (Lipinski definition) is 12. The number of amides is 2. The molecule has 6 rings (SSSR count). The van der Waals surface area contributed by atoms with Gasteiger partial charge in [0.2, 0.25) is 5.95 Å². The van der Waals surface area contributed by atoms with E-state index in [1.54, 1.807) is 16.8 Å². The van der Waals surface area contributed by atoms with Crippen molar-refractivity contribution in [2.45, 2.75) is 6.54 Å². The normalized spacial score (nSPS) is 14.9. The summed E-state index contributed by atoms with van der Waals surface area (Å²) in [7, 11) is 1.86. The second kappa shape index (κ2) is 10.4. The third-order valence-electron chi connectivity index (χ3n) is 6.32. The molecule has 2 aliphatic heterocycles. The number of thiophene rings is 1. The molecule has 3 aromatic heterocycles. The van der Waals surface area contributed by atoms with Gasteiger partial charge in [-0.25, -0.2) is 25.4 Å². The van der Waals surface area contributed by atoms with E-state index in [0.29, 0.717) is 56.1 Å². The van der Waals surface area contributed by atoms with Crippen molar-refractivity contribution in [3.05, 3.63) is 47.1 Å². The van der Waals surface area contributed by atoms with Crippen LogP contribution in [0.25, 0.3) is 21.6 Å². The Kier molecular flexibility index (Phi) is 6.64. The maximum atomic E-state index is 11.8. The Bertz CT molecular complexity index is 1550. The zero-order chi connectivity index (χ0) is 26.9. The van der Waals surface area contributed by atoms with Crippen LogP contribution in [0, 0.1) is 0 Å². The number of anilines is 3. The van der Waals surface area contributed by atoms with Gasteiger partial charge in [-0.2, -0.15) is 0 Å². The molecule has 0 aliphatic carbocycles. The van der Waals surface area contributed by atoms with Gasteiger partial charge >= 0.3 is 0 Å². The van der Waals surface area contributed by atoms with Crippen LogP contribution in [-0.2, 0) is 16.1 Å². The number of morpholine rings is 1. The predicted molar refractivity (Wildman–Crippen MR) is 143 cm³/mol. The van der Waals surface area contributed by atoms with E-state index in [-0.39, 0.29) is 18.1 Å². The Morgan fingerprint density at radius 1 is 1.21 bits per heavy atom. The topological polar surface area (TPSA) is 155 Å². The van der Waals surface area contributed by atoms with Gasteiger partial charge in [0.05, 0.1) is 41.2 Å². The second-order valence-electron chi connectivity index (χ2n) is 9.01. The molecule has 39 heavy (non-hydrogen) atoms. The molecule has 0 spiro atoms. The van der Waals surface area contributed by atoms with Gasteiger partial charge in [0.15, 0.2) is 18.2 Å². The summed E-state index contributed by atoms with van der Waals surface area (Å²) in [6.07, 6.45) is 2.71. The molecule has 2 amide bonds. The molecule has 3 N–H and O–H groups in total. The zero-order valence-corrected chi connectivity index (χ0v) is 21.7. The van der Waals surface area contributed by atoms with E-state index in [1.165, 1.54) is 12.4 Å². The van der Waals surface area contributed by atoms with Crippen LogP contribution in [0.5, 0.6) is 5.75 Å². The molecular weight excluding hydrogens is 524 g/mol. The van der Waals surface area contributed by atoms with Crippen LogP contribution in [0.15, 0.2) is 36.7 Å². The smallest absolute Gasteiger partial charge is 0.277 e. The molecule has 1 saturated heterocycles. The minimum Gasteiger partial charge on any atom is -0.482 e. The van der Waals surface area contributed by atoms with E-state index in [1.807, 2.05) is 36.2 Å². The molecule has 5 heterocycles. The minimum absolute atomic E-state index is 0.00467. The molecule has 1 aromatic carbocycles. The largest absolute Gasteiger partial charge is 0.482 e. The van der Waals surface area contributed by atoms with Crippen molar-refractivity contribution in [1.29, 1.82) is 0 Å². The summed E-state index contributed by atoms with van der Waals surface area (Å²) < 4.78 is 12.0. The summed E-state index contributed by atoms with van der Waals surface area (Å²) in [6.45, 7) is 3.17. The highest BCUT2D eigenvalue weighted by Gasteiger charge is 2.22. The summed E-state index contributed by atoms with van der Waals surface area (Å²) in [4.78, 5) is 46.8. The number of benzene rings is 1. The number of carbonyl (C=O) groups excluding carboxylic acids is 2. The van der Waals surface area contributed by atoms with Gasteiger partial charge in [0, 0.05) is 43.0 Å². The molecule has 0 saturated carbocycles. The fourth-order valence-electron chi connectivity index (χ4n) is 4.39. The van der Waals surface area contributed by atoms with Gasteiger partial charge in [-0.05, 0) is 24.3 Å². The summed E-state index contributed by atoms with van der Waals surface area (Å²) >= 11 is 1.60. The third kappa shape index (κ3) is 5.04. The van der Waals surface area contributed by atoms with Gasteiger partial charge in [-0.1, -0.05) is 0 Å². The first-order valence-corrected chi connectivity index (χ1v) is 13.0. The lowest BCUT2D eigenvalue weighted by molar-refractivity contribution is -0.118. The highest BCUT2D eigenvalue weighted by Crippen LogP contribution is 2.37. The summed E-state index contributed by atoms with van der Waals surface area (Å²) in [5, 5.41) is 11.6. The number of nitrogens with zero attached hydrogens (tertiary/aromatic N) is 6. The fraction of sp³-hybridized carbons (Fsp3) is 0.280. The quantitative estimate of drug-likeness (QED) is 0.240. The van der Waals surface area contributed by atoms with E-state index in [9.17, 15) is 9.59 Å². The van der Waals surface area contributed by atoms with E-state index in [4.69, 9.17) is 24.6 Å². The van der Waals surface area contributed by atoms with Crippen LogP contribution in [0.1, 0.15) is 15.2 Å². The number of ether oxygens (including phenoxy) is 2.